The minimum atomic E-state index is -0.737. The Labute approximate surface area is 226 Å². The van der Waals surface area contributed by atoms with Crippen molar-refractivity contribution in [1.82, 2.24) is 15.1 Å². The fraction of sp³-hybridized carbons (Fsp3) is 0.357. The van der Waals surface area contributed by atoms with Gasteiger partial charge >= 0.3 is 0 Å². The molecule has 0 fully saturated rings. The number of aromatic nitrogens is 2. The maximum absolute atomic E-state index is 13.4. The number of benzene rings is 1. The van der Waals surface area contributed by atoms with Crippen LogP contribution in [0.25, 0.3) is 11.1 Å². The van der Waals surface area contributed by atoms with Gasteiger partial charge in [-0.3, -0.25) is 19.1 Å². The van der Waals surface area contributed by atoms with Crippen molar-refractivity contribution in [2.75, 3.05) is 32.0 Å². The quantitative estimate of drug-likeness (QED) is 0.401. The van der Waals surface area contributed by atoms with Crippen LogP contribution in [-0.4, -0.2) is 49.0 Å². The van der Waals surface area contributed by atoms with Crippen molar-refractivity contribution in [3.63, 3.8) is 0 Å². The van der Waals surface area contributed by atoms with Crippen LogP contribution in [0.2, 0.25) is 0 Å². The minimum absolute atomic E-state index is 0.212. The standard InChI is InChI=1S/C28H33N5O6/c1-15(28(36)31-24-11-12-33(3)32-24)29-21-10-8-18-19(14-22(21)35)20(30-16(2)34)9-7-17-13-23(37-4)26(38-5)27(39-6)25(17)18/h8,10-15,20H,7,9H2,1-6H3,(H,29,35)(H,30,34)(H,31,32,36). The number of carbonyl (C=O) groups is 2. The number of nitrogens with zero attached hydrogens (tertiary/aromatic N) is 2. The van der Waals surface area contributed by atoms with Crippen LogP contribution in [0.5, 0.6) is 17.2 Å². The number of amides is 2. The molecular formula is C28H33N5O6. The zero-order valence-corrected chi connectivity index (χ0v) is 22.9. The summed E-state index contributed by atoms with van der Waals surface area (Å²) < 4.78 is 18.6. The van der Waals surface area contributed by atoms with Crippen LogP contribution in [0.1, 0.15) is 37.4 Å². The Bertz CT molecular complexity index is 1470. The van der Waals surface area contributed by atoms with Gasteiger partial charge in [0.05, 0.1) is 33.1 Å². The zero-order chi connectivity index (χ0) is 28.3. The normalized spacial score (nSPS) is 14.7. The Morgan fingerprint density at radius 3 is 2.44 bits per heavy atom. The molecular weight excluding hydrogens is 502 g/mol. The number of hydrogen-bond donors (Lipinski definition) is 3. The van der Waals surface area contributed by atoms with E-state index in [0.29, 0.717) is 47.0 Å². The van der Waals surface area contributed by atoms with E-state index in [1.807, 2.05) is 6.07 Å². The summed E-state index contributed by atoms with van der Waals surface area (Å²) >= 11 is 0. The lowest BCUT2D eigenvalue weighted by Gasteiger charge is -2.19. The Hall–Kier alpha value is -4.54. The van der Waals surface area contributed by atoms with Crippen molar-refractivity contribution in [2.45, 2.75) is 38.8 Å². The van der Waals surface area contributed by atoms with Gasteiger partial charge < -0.3 is 30.2 Å². The predicted molar refractivity (Wildman–Crippen MR) is 148 cm³/mol. The third-order valence-electron chi connectivity index (χ3n) is 6.65. The minimum Gasteiger partial charge on any atom is -0.493 e. The summed E-state index contributed by atoms with van der Waals surface area (Å²) in [5.74, 6) is 1.27. The molecule has 0 spiro atoms. The lowest BCUT2D eigenvalue weighted by atomic mass is 9.95. The SMILES string of the molecule is COc1cc2c(c(OC)c1OC)-c1ccc(NC(C)C(=O)Nc3ccn(C)n3)c(=O)cc1C(NC(C)=O)CC2. The van der Waals surface area contributed by atoms with Gasteiger partial charge in [-0.1, -0.05) is 6.07 Å². The number of ether oxygens (including phenoxy) is 3. The number of aryl methyl sites for hydroxylation is 2. The van der Waals surface area contributed by atoms with Gasteiger partial charge in [0, 0.05) is 31.8 Å². The van der Waals surface area contributed by atoms with Crippen LogP contribution in [-0.2, 0) is 23.1 Å². The molecule has 4 rings (SSSR count). The van der Waals surface area contributed by atoms with Crippen LogP contribution in [0.15, 0.2) is 41.3 Å². The third-order valence-corrected chi connectivity index (χ3v) is 6.65. The Kier molecular flexibility index (Phi) is 8.08. The molecule has 1 aliphatic carbocycles. The summed E-state index contributed by atoms with van der Waals surface area (Å²) in [5, 5.41) is 12.9. The average Bonchev–Trinajstić information content (AvgIpc) is 3.17. The third kappa shape index (κ3) is 5.66. The van der Waals surface area contributed by atoms with E-state index < -0.39 is 12.1 Å². The number of anilines is 2. The van der Waals surface area contributed by atoms with E-state index in [9.17, 15) is 14.4 Å². The van der Waals surface area contributed by atoms with Crippen molar-refractivity contribution in [1.29, 1.82) is 0 Å². The fourth-order valence-electron chi connectivity index (χ4n) is 4.84. The van der Waals surface area contributed by atoms with Gasteiger partial charge in [-0.15, -0.1) is 0 Å². The Morgan fingerprint density at radius 2 is 1.82 bits per heavy atom. The Morgan fingerprint density at radius 1 is 1.08 bits per heavy atom. The second kappa shape index (κ2) is 11.5. The molecule has 0 aliphatic heterocycles. The first kappa shape index (κ1) is 27.5. The van der Waals surface area contributed by atoms with Crippen LogP contribution in [0, 0.1) is 0 Å². The van der Waals surface area contributed by atoms with Crippen LogP contribution in [0.3, 0.4) is 0 Å². The number of rotatable bonds is 8. The van der Waals surface area contributed by atoms with Gasteiger partial charge in [0.25, 0.3) is 0 Å². The Balaban J connectivity index is 1.82. The van der Waals surface area contributed by atoms with E-state index in [1.54, 1.807) is 57.3 Å². The molecule has 2 amide bonds. The van der Waals surface area contributed by atoms with Gasteiger partial charge in [0.15, 0.2) is 17.3 Å². The monoisotopic (exact) mass is 535 g/mol. The molecule has 2 aromatic carbocycles. The largest absolute Gasteiger partial charge is 0.493 e. The first-order chi connectivity index (χ1) is 18.7. The molecule has 39 heavy (non-hydrogen) atoms. The molecule has 2 atom stereocenters. The van der Waals surface area contributed by atoms with Gasteiger partial charge in [0.1, 0.15) is 6.04 Å². The highest BCUT2D eigenvalue weighted by molar-refractivity contribution is 5.95. The average molecular weight is 536 g/mol. The number of fused-ring (bicyclic) bond motifs is 3. The first-order valence-corrected chi connectivity index (χ1v) is 12.5. The van der Waals surface area contributed by atoms with Crippen molar-refractivity contribution < 1.29 is 23.8 Å². The van der Waals surface area contributed by atoms with E-state index in [4.69, 9.17) is 14.2 Å². The molecule has 3 N–H and O–H groups in total. The van der Waals surface area contributed by atoms with Gasteiger partial charge in [-0.05, 0) is 54.7 Å². The van der Waals surface area contributed by atoms with Crippen molar-refractivity contribution in [2.24, 2.45) is 7.05 Å². The van der Waals surface area contributed by atoms with Gasteiger partial charge in [-0.2, -0.15) is 5.10 Å². The lowest BCUT2D eigenvalue weighted by molar-refractivity contribution is -0.119. The molecule has 3 aromatic rings. The summed E-state index contributed by atoms with van der Waals surface area (Å²) in [6.45, 7) is 3.10. The highest BCUT2D eigenvalue weighted by atomic mass is 16.5. The summed E-state index contributed by atoms with van der Waals surface area (Å²) in [6.07, 6.45) is 2.86. The zero-order valence-electron chi connectivity index (χ0n) is 22.9. The summed E-state index contributed by atoms with van der Waals surface area (Å²) in [4.78, 5) is 38.3. The lowest BCUT2D eigenvalue weighted by Crippen LogP contribution is -2.33. The molecule has 1 aromatic heterocycles. The number of nitrogens with one attached hydrogen (secondary N) is 3. The number of carbonyl (C=O) groups excluding carboxylic acids is 2. The maximum atomic E-state index is 13.4. The fourth-order valence-corrected chi connectivity index (χ4v) is 4.84. The van der Waals surface area contributed by atoms with Crippen molar-refractivity contribution >= 4 is 23.3 Å². The molecule has 2 unspecified atom stereocenters. The highest BCUT2D eigenvalue weighted by Gasteiger charge is 2.29. The molecule has 0 radical (unpaired) electrons. The molecule has 11 nitrogen and oxygen atoms in total. The van der Waals surface area contributed by atoms with E-state index in [2.05, 4.69) is 21.0 Å². The van der Waals surface area contributed by atoms with Gasteiger partial charge in [0.2, 0.25) is 23.0 Å². The van der Waals surface area contributed by atoms with Crippen molar-refractivity contribution in [3.8, 4) is 28.4 Å². The van der Waals surface area contributed by atoms with Crippen molar-refractivity contribution in [3.05, 3.63) is 57.9 Å². The van der Waals surface area contributed by atoms with E-state index >= 15 is 0 Å². The second-order valence-corrected chi connectivity index (χ2v) is 9.33. The highest BCUT2D eigenvalue weighted by Crippen LogP contribution is 2.50. The molecule has 0 saturated carbocycles. The topological polar surface area (TPSA) is 133 Å². The predicted octanol–water partition coefficient (Wildman–Crippen LogP) is 3.04. The van der Waals surface area contributed by atoms with E-state index in [-0.39, 0.29) is 22.9 Å². The van der Waals surface area contributed by atoms with E-state index in [0.717, 1.165) is 11.1 Å². The van der Waals surface area contributed by atoms with E-state index in [1.165, 1.54) is 20.1 Å². The molecule has 1 heterocycles. The van der Waals surface area contributed by atoms with Crippen LogP contribution < -0.4 is 35.6 Å². The summed E-state index contributed by atoms with van der Waals surface area (Å²) in [5.41, 5.74) is 2.92. The first-order valence-electron chi connectivity index (χ1n) is 12.5. The second-order valence-electron chi connectivity index (χ2n) is 9.33. The van der Waals surface area contributed by atoms with Crippen LogP contribution >= 0.6 is 0 Å². The number of hydrogen-bond acceptors (Lipinski definition) is 8. The molecule has 0 bridgehead atoms. The summed E-state index contributed by atoms with van der Waals surface area (Å²) in [7, 11) is 6.39. The summed E-state index contributed by atoms with van der Waals surface area (Å²) in [6, 6.07) is 7.36. The molecule has 11 heteroatoms. The molecule has 206 valence electrons. The smallest absolute Gasteiger partial charge is 0.247 e. The molecule has 0 saturated heterocycles. The molecule has 1 aliphatic rings. The van der Waals surface area contributed by atoms with Gasteiger partial charge in [-0.25, -0.2) is 0 Å². The maximum Gasteiger partial charge on any atom is 0.247 e. The van der Waals surface area contributed by atoms with Crippen LogP contribution in [0.4, 0.5) is 11.5 Å². The number of methoxy groups -OCH3 is 3.